The summed E-state index contributed by atoms with van der Waals surface area (Å²) >= 11 is 2.89. The van der Waals surface area contributed by atoms with E-state index < -0.39 is 0 Å². The van der Waals surface area contributed by atoms with E-state index in [0.717, 1.165) is 10.1 Å². The number of H-pyrrole nitrogens is 1. The summed E-state index contributed by atoms with van der Waals surface area (Å²) in [6.45, 7) is 2.05. The molecule has 0 aliphatic rings. The van der Waals surface area contributed by atoms with Crippen LogP contribution in [0.4, 0.5) is 5.13 Å². The van der Waals surface area contributed by atoms with Crippen molar-refractivity contribution in [3.8, 4) is 0 Å². The number of hydrogen-bond donors (Lipinski definition) is 2. The van der Waals surface area contributed by atoms with Crippen LogP contribution in [-0.4, -0.2) is 21.1 Å². The van der Waals surface area contributed by atoms with Crippen LogP contribution in [0.2, 0.25) is 0 Å². The van der Waals surface area contributed by atoms with E-state index in [0.29, 0.717) is 10.7 Å². The topological polar surface area (TPSA) is 87.7 Å². The lowest BCUT2D eigenvalue weighted by Crippen LogP contribution is -2.14. The number of carbonyl (C=O) groups excluding carboxylic acids is 1. The molecule has 0 aliphatic carbocycles. The number of nitrogens with zero attached hydrogens (tertiary/aromatic N) is 2. The van der Waals surface area contributed by atoms with Crippen LogP contribution in [0, 0.1) is 6.92 Å². The van der Waals surface area contributed by atoms with Gasteiger partial charge in [-0.05, 0) is 18.6 Å². The van der Waals surface area contributed by atoms with E-state index in [1.165, 1.54) is 40.8 Å². The molecule has 0 unspecified atom stereocenters. The standard InChI is InChI=1S/C16H14N4O2S2/c1-10-2-4-11(5-3-10)9-23-16-20-19-15(24-16)18-14(22)12-6-7-13(21)17-8-12/h2-8H,9H2,1H3,(H,17,21)(H,18,19,22). The Balaban J connectivity index is 1.58. The van der Waals surface area contributed by atoms with Gasteiger partial charge < -0.3 is 4.98 Å². The first-order valence-corrected chi connectivity index (χ1v) is 8.92. The Bertz CT molecular complexity index is 882. The minimum Gasteiger partial charge on any atom is -0.328 e. The number of pyridine rings is 1. The van der Waals surface area contributed by atoms with Crippen molar-refractivity contribution in [3.05, 3.63) is 69.6 Å². The Morgan fingerprint density at radius 2 is 2.00 bits per heavy atom. The number of aryl methyl sites for hydroxylation is 1. The zero-order valence-electron chi connectivity index (χ0n) is 12.8. The van der Waals surface area contributed by atoms with Crippen molar-refractivity contribution < 1.29 is 4.79 Å². The maximum atomic E-state index is 12.0. The number of anilines is 1. The molecule has 2 N–H and O–H groups in total. The van der Waals surface area contributed by atoms with Crippen LogP contribution < -0.4 is 10.9 Å². The monoisotopic (exact) mass is 358 g/mol. The summed E-state index contributed by atoms with van der Waals surface area (Å²) in [6, 6.07) is 11.1. The van der Waals surface area contributed by atoms with Crippen molar-refractivity contribution in [3.63, 3.8) is 0 Å². The molecule has 6 nitrogen and oxygen atoms in total. The van der Waals surface area contributed by atoms with Crippen LogP contribution in [0.25, 0.3) is 0 Å². The highest BCUT2D eigenvalue weighted by Crippen LogP contribution is 2.28. The van der Waals surface area contributed by atoms with Gasteiger partial charge in [-0.3, -0.25) is 14.9 Å². The maximum absolute atomic E-state index is 12.0. The molecular weight excluding hydrogens is 344 g/mol. The van der Waals surface area contributed by atoms with Crippen LogP contribution in [0.3, 0.4) is 0 Å². The van der Waals surface area contributed by atoms with Gasteiger partial charge in [0.2, 0.25) is 10.7 Å². The molecule has 0 bridgehead atoms. The van der Waals surface area contributed by atoms with E-state index in [4.69, 9.17) is 0 Å². The quantitative estimate of drug-likeness (QED) is 0.540. The van der Waals surface area contributed by atoms with Gasteiger partial charge in [0, 0.05) is 18.0 Å². The molecular formula is C16H14N4O2S2. The fourth-order valence-electron chi connectivity index (χ4n) is 1.87. The lowest BCUT2D eigenvalue weighted by molar-refractivity contribution is 0.102. The molecule has 122 valence electrons. The molecule has 2 aromatic heterocycles. The first-order valence-electron chi connectivity index (χ1n) is 7.12. The average Bonchev–Trinajstić information content (AvgIpc) is 3.02. The number of nitrogens with one attached hydrogen (secondary N) is 2. The van der Waals surface area contributed by atoms with E-state index in [9.17, 15) is 9.59 Å². The Hall–Kier alpha value is -2.45. The van der Waals surface area contributed by atoms with Crippen molar-refractivity contribution in [2.75, 3.05) is 5.32 Å². The minimum atomic E-state index is -0.336. The number of hydrogen-bond acceptors (Lipinski definition) is 6. The Morgan fingerprint density at radius 1 is 1.21 bits per heavy atom. The fraction of sp³-hybridized carbons (Fsp3) is 0.125. The third kappa shape index (κ3) is 4.30. The lowest BCUT2D eigenvalue weighted by atomic mass is 10.2. The van der Waals surface area contributed by atoms with Gasteiger partial charge in [-0.2, -0.15) is 0 Å². The number of aromatic amines is 1. The second-order valence-electron chi connectivity index (χ2n) is 5.04. The largest absolute Gasteiger partial charge is 0.328 e. The summed E-state index contributed by atoms with van der Waals surface area (Å²) in [5, 5.41) is 11.1. The van der Waals surface area contributed by atoms with Gasteiger partial charge in [0.05, 0.1) is 5.56 Å². The molecule has 0 atom stereocenters. The van der Waals surface area contributed by atoms with Gasteiger partial charge in [0.15, 0.2) is 4.34 Å². The molecule has 0 spiro atoms. The summed E-state index contributed by atoms with van der Waals surface area (Å²) < 4.78 is 0.785. The zero-order chi connectivity index (χ0) is 16.9. The van der Waals surface area contributed by atoms with Crippen LogP contribution in [-0.2, 0) is 5.75 Å². The van der Waals surface area contributed by atoms with Crippen LogP contribution in [0.1, 0.15) is 21.5 Å². The predicted octanol–water partition coefficient (Wildman–Crippen LogP) is 3.08. The number of rotatable bonds is 5. The van der Waals surface area contributed by atoms with Gasteiger partial charge in [0.25, 0.3) is 5.91 Å². The van der Waals surface area contributed by atoms with Gasteiger partial charge in [-0.15, -0.1) is 10.2 Å². The SMILES string of the molecule is Cc1ccc(CSc2nnc(NC(=O)c3ccc(=O)[nH]c3)s2)cc1. The summed E-state index contributed by atoms with van der Waals surface area (Å²) in [4.78, 5) is 25.5. The van der Waals surface area contributed by atoms with Gasteiger partial charge in [-0.1, -0.05) is 52.9 Å². The average molecular weight is 358 g/mol. The van der Waals surface area contributed by atoms with Crippen molar-refractivity contribution >= 4 is 34.1 Å². The van der Waals surface area contributed by atoms with Gasteiger partial charge in [-0.25, -0.2) is 0 Å². The van der Waals surface area contributed by atoms with Gasteiger partial charge in [0.1, 0.15) is 0 Å². The van der Waals surface area contributed by atoms with E-state index in [-0.39, 0.29) is 11.5 Å². The van der Waals surface area contributed by atoms with E-state index in [2.05, 4.69) is 51.7 Å². The first kappa shape index (κ1) is 16.4. The Kier molecular flexibility index (Phi) is 5.07. The molecule has 1 amide bonds. The van der Waals surface area contributed by atoms with Gasteiger partial charge >= 0.3 is 0 Å². The molecule has 1 aromatic carbocycles. The molecule has 0 saturated carbocycles. The normalized spacial score (nSPS) is 10.5. The predicted molar refractivity (Wildman–Crippen MR) is 95.7 cm³/mol. The van der Waals surface area contributed by atoms with Crippen molar-refractivity contribution in [2.24, 2.45) is 0 Å². The molecule has 24 heavy (non-hydrogen) atoms. The Labute approximate surface area is 146 Å². The van der Waals surface area contributed by atoms with E-state index in [1.807, 2.05) is 0 Å². The van der Waals surface area contributed by atoms with Crippen LogP contribution in [0.15, 0.2) is 51.7 Å². The summed E-state index contributed by atoms with van der Waals surface area (Å²) in [7, 11) is 0. The smallest absolute Gasteiger partial charge is 0.258 e. The zero-order valence-corrected chi connectivity index (χ0v) is 14.4. The Morgan fingerprint density at radius 3 is 2.71 bits per heavy atom. The molecule has 0 fully saturated rings. The third-order valence-electron chi connectivity index (χ3n) is 3.16. The first-order chi connectivity index (χ1) is 11.6. The number of carbonyl (C=O) groups is 1. The second-order valence-corrected chi connectivity index (χ2v) is 7.24. The molecule has 3 rings (SSSR count). The number of aromatic nitrogens is 3. The van der Waals surface area contributed by atoms with Crippen molar-refractivity contribution in [1.29, 1.82) is 0 Å². The van der Waals surface area contributed by atoms with Crippen molar-refractivity contribution in [1.82, 2.24) is 15.2 Å². The van der Waals surface area contributed by atoms with E-state index in [1.54, 1.807) is 11.8 Å². The molecule has 2 heterocycles. The number of thioether (sulfide) groups is 1. The van der Waals surface area contributed by atoms with Crippen molar-refractivity contribution in [2.45, 2.75) is 17.0 Å². The molecule has 0 saturated heterocycles. The second kappa shape index (κ2) is 7.41. The third-order valence-corrected chi connectivity index (χ3v) is 5.20. The summed E-state index contributed by atoms with van der Waals surface area (Å²) in [5.41, 5.74) is 2.54. The van der Waals surface area contributed by atoms with Crippen LogP contribution >= 0.6 is 23.1 Å². The fourth-order valence-corrected chi connectivity index (χ4v) is 3.57. The van der Waals surface area contributed by atoms with E-state index >= 15 is 0 Å². The minimum absolute atomic E-state index is 0.253. The summed E-state index contributed by atoms with van der Waals surface area (Å²) in [6.07, 6.45) is 1.37. The van der Waals surface area contributed by atoms with Crippen LogP contribution in [0.5, 0.6) is 0 Å². The highest BCUT2D eigenvalue weighted by atomic mass is 32.2. The molecule has 0 aliphatic heterocycles. The summed E-state index contributed by atoms with van der Waals surface area (Å²) in [5.74, 6) is 0.459. The highest BCUT2D eigenvalue weighted by Gasteiger charge is 2.10. The highest BCUT2D eigenvalue weighted by molar-refractivity contribution is 8.00. The maximum Gasteiger partial charge on any atom is 0.258 e. The molecule has 3 aromatic rings. The number of benzene rings is 1. The molecule has 0 radical (unpaired) electrons. The lowest BCUT2D eigenvalue weighted by Gasteiger charge is -2.00. The molecule has 8 heteroatoms. The number of amides is 1.